The number of benzene rings is 2. The fraction of sp³-hybridized carbons (Fsp3) is 0.580. The number of rotatable bonds is 45. The Morgan fingerprint density at radius 2 is 1.21 bits per heavy atom. The highest BCUT2D eigenvalue weighted by molar-refractivity contribution is 6.07. The zero-order chi connectivity index (χ0) is 74.7. The van der Waals surface area contributed by atoms with Crippen LogP contribution in [0.25, 0.3) is 10.9 Å². The second-order valence-corrected chi connectivity index (χ2v) is 25.6. The minimum Gasteiger partial charge on any atom is -0.466 e. The molecule has 2 aromatic carbocycles. The Morgan fingerprint density at radius 3 is 1.82 bits per heavy atom. The van der Waals surface area contributed by atoms with Gasteiger partial charge in [0.1, 0.15) is 54.3 Å². The van der Waals surface area contributed by atoms with Crippen LogP contribution in [0.5, 0.6) is 0 Å². The number of primary amides is 1. The lowest BCUT2D eigenvalue weighted by molar-refractivity contribution is -0.143. The van der Waals surface area contributed by atoms with Crippen molar-refractivity contribution in [2.45, 2.75) is 199 Å². The van der Waals surface area contributed by atoms with Crippen molar-refractivity contribution in [3.8, 4) is 0 Å². The number of guanidine groups is 2. The number of ether oxygens (including phenoxy) is 1. The molecule has 4 unspecified atom stereocenters. The fourth-order valence-corrected chi connectivity index (χ4v) is 11.1. The SMILES string of the molecule is CCC(C)[C@H](NC(=O)[C@H](CCCCN)NC(=O)[C@@H](NC(=O)[C@H](CCC(N)=O)NC(=O)[C@H](CCCN=C(N)N)NC(=O)CCNC(=O)CCC(=O)NCCC(=O)OCCCN=C1NC(=NCc2ccccc2)C2N=CN(C(C)C)C2N1)C(C)CC)C(=O)N[C@@H](Cc1c[nH]c2ccccc12)C(=O)NC. The molecule has 0 radical (unpaired) electrons. The number of nitrogens with two attached hydrogens (primary N) is 4. The van der Waals surface area contributed by atoms with Crippen molar-refractivity contribution in [2.24, 2.45) is 54.7 Å². The number of unbranched alkanes of at least 4 members (excludes halogenated alkanes) is 1. The Kier molecular flexibility index (Phi) is 35.1. The summed E-state index contributed by atoms with van der Waals surface area (Å²) in [6.07, 6.45) is 4.15. The summed E-state index contributed by atoms with van der Waals surface area (Å²) in [4.78, 5) is 172. The van der Waals surface area contributed by atoms with Crippen LogP contribution in [0, 0.1) is 11.8 Å². The summed E-state index contributed by atoms with van der Waals surface area (Å²) >= 11 is 0. The minimum atomic E-state index is -1.51. The van der Waals surface area contributed by atoms with Gasteiger partial charge in [-0.1, -0.05) is 89.1 Å². The van der Waals surface area contributed by atoms with Crippen molar-refractivity contribution in [1.82, 2.24) is 68.4 Å². The first kappa shape index (κ1) is 82.5. The molecule has 1 aromatic heterocycles. The number of aliphatic imine (C=N–C) groups is 4. The molecule has 3 heterocycles. The number of carbonyl (C=O) groups is 11. The number of nitrogens with zero attached hydrogens (tertiary/aromatic N) is 5. The van der Waals surface area contributed by atoms with E-state index in [1.807, 2.05) is 67.9 Å². The maximum absolute atomic E-state index is 14.5. The Hall–Kier alpha value is -10.2. The summed E-state index contributed by atoms with van der Waals surface area (Å²) in [5.41, 5.74) is 25.1. The number of hydrogen-bond acceptors (Lipinski definition) is 18. The second-order valence-electron chi connectivity index (χ2n) is 25.6. The number of aromatic nitrogens is 1. The van der Waals surface area contributed by atoms with Crippen LogP contribution < -0.4 is 81.4 Å². The average Bonchev–Trinajstić information content (AvgIpc) is 1.63. The maximum atomic E-state index is 14.5. The van der Waals surface area contributed by atoms with E-state index in [9.17, 15) is 52.7 Å². The molecule has 3 aromatic rings. The van der Waals surface area contributed by atoms with Gasteiger partial charge in [0.15, 0.2) is 11.9 Å². The molecule has 5 rings (SSSR count). The quantitative estimate of drug-likeness (QED) is 0.0143. The number of para-hydroxylation sites is 1. The average molecular weight is 1420 g/mol. The van der Waals surface area contributed by atoms with Crippen LogP contribution in [0.15, 0.2) is 80.8 Å². The number of hydrogen-bond donors (Lipinski definition) is 16. The maximum Gasteiger partial charge on any atom is 0.307 e. The van der Waals surface area contributed by atoms with E-state index in [2.05, 4.69) is 97.2 Å². The molecule has 33 heteroatoms. The molecule has 2 aliphatic heterocycles. The van der Waals surface area contributed by atoms with Crippen LogP contribution in [0.2, 0.25) is 0 Å². The summed E-state index contributed by atoms with van der Waals surface area (Å²) < 4.78 is 5.36. The molecule has 10 amide bonds. The smallest absolute Gasteiger partial charge is 0.307 e. The number of amidine groups is 1. The molecule has 102 heavy (non-hydrogen) atoms. The molecule has 1 fully saturated rings. The van der Waals surface area contributed by atoms with Gasteiger partial charge >= 0.3 is 5.97 Å². The lowest BCUT2D eigenvalue weighted by Gasteiger charge is -2.37. The molecular formula is C69H107N21O12. The van der Waals surface area contributed by atoms with Crippen LogP contribution in [-0.2, 0) is 70.4 Å². The van der Waals surface area contributed by atoms with Crippen molar-refractivity contribution < 1.29 is 57.5 Å². The van der Waals surface area contributed by atoms with Crippen LogP contribution in [-0.4, -0.2) is 200 Å². The first-order valence-corrected chi connectivity index (χ1v) is 35.1. The zero-order valence-corrected chi connectivity index (χ0v) is 59.7. The number of amides is 10. The molecule has 560 valence electrons. The van der Waals surface area contributed by atoms with Crippen molar-refractivity contribution in [3.05, 3.63) is 71.9 Å². The van der Waals surface area contributed by atoms with E-state index in [0.717, 1.165) is 22.0 Å². The molecule has 33 nitrogen and oxygen atoms in total. The molecule has 10 atom stereocenters. The predicted octanol–water partition coefficient (Wildman–Crippen LogP) is -0.774. The third-order valence-electron chi connectivity index (χ3n) is 17.5. The highest BCUT2D eigenvalue weighted by atomic mass is 16.5. The van der Waals surface area contributed by atoms with Crippen LogP contribution >= 0.6 is 0 Å². The molecule has 20 N–H and O–H groups in total. The predicted molar refractivity (Wildman–Crippen MR) is 387 cm³/mol. The summed E-state index contributed by atoms with van der Waals surface area (Å²) in [6, 6.07) is 9.76. The molecule has 0 spiro atoms. The van der Waals surface area contributed by atoms with Crippen molar-refractivity contribution in [2.75, 3.05) is 46.4 Å². The van der Waals surface area contributed by atoms with Gasteiger partial charge in [-0.2, -0.15) is 0 Å². The van der Waals surface area contributed by atoms with Gasteiger partial charge in [-0.3, -0.25) is 72.7 Å². The highest BCUT2D eigenvalue weighted by Gasteiger charge is 2.41. The standard InChI is InChI=1S/C69H107N21O12/c1-8-42(5)57(66(100)84-49(23-15-16-31-70)64(98)86-58(43(6)9-2)67(101)85-51(62(96)74-7)37-45-39-79-47-22-14-13-21-46(45)47)87-65(99)50(25-26-52(71)91)83-63(97)48(24-17-32-77-68(72)73)82-55(94)29-34-75-53(92)27-28-54(93)76-35-30-56(95)102-36-18-33-78-69-88-60(80-38-44-19-11-10-12-20-44)59-61(89-69)90(40-81-59)41(3)4/h10-14,19-22,39-43,48-51,57-59,61,79H,8-9,15-18,23-38,70H2,1-7H3,(H2,71,91)(H,74,96)(H,75,92)(H,76,93)(H,82,94)(H,83,97)(H,84,100)(H,85,101)(H,86,98)(H,87,99)(H4,72,73,77)(H2,78,80,88,89)/t42?,43?,48-,49-,50-,51-,57-,58-,59?,61?/m0/s1. The number of aromatic amines is 1. The van der Waals surface area contributed by atoms with Gasteiger partial charge in [0.2, 0.25) is 59.1 Å². The van der Waals surface area contributed by atoms with Gasteiger partial charge in [0.25, 0.3) is 0 Å². The molecule has 2 aliphatic rings. The number of nitrogens with one attached hydrogen (secondary N) is 12. The number of likely N-dealkylation sites (N-methyl/N-ethyl adjacent to an activating group) is 1. The minimum absolute atomic E-state index is 0.0345. The monoisotopic (exact) mass is 1420 g/mol. The lowest BCUT2D eigenvalue weighted by atomic mass is 9.95. The van der Waals surface area contributed by atoms with Crippen molar-refractivity contribution in [1.29, 1.82) is 0 Å². The summed E-state index contributed by atoms with van der Waals surface area (Å²) in [5, 5.41) is 31.7. The zero-order valence-electron chi connectivity index (χ0n) is 59.7. The van der Waals surface area contributed by atoms with E-state index < -0.39 is 120 Å². The first-order valence-electron chi connectivity index (χ1n) is 35.1. The van der Waals surface area contributed by atoms with E-state index in [1.54, 1.807) is 27.0 Å². The summed E-state index contributed by atoms with van der Waals surface area (Å²) in [7, 11) is 1.45. The Morgan fingerprint density at radius 1 is 0.618 bits per heavy atom. The summed E-state index contributed by atoms with van der Waals surface area (Å²) in [6.45, 7) is 12.2. The molecule has 0 bridgehead atoms. The summed E-state index contributed by atoms with van der Waals surface area (Å²) in [5.74, 6) is -7.47. The van der Waals surface area contributed by atoms with E-state index in [0.29, 0.717) is 57.0 Å². The van der Waals surface area contributed by atoms with E-state index >= 15 is 0 Å². The Bertz CT molecular complexity index is 3410. The van der Waals surface area contributed by atoms with E-state index in [1.165, 1.54) is 7.05 Å². The molecule has 0 aliphatic carbocycles. The fourth-order valence-electron chi connectivity index (χ4n) is 11.1. The number of fused-ring (bicyclic) bond motifs is 2. The topological polar surface area (TPSA) is 502 Å². The van der Waals surface area contributed by atoms with Gasteiger partial charge in [0, 0.05) is 94.9 Å². The third kappa shape index (κ3) is 27.7. The van der Waals surface area contributed by atoms with Crippen LogP contribution in [0.4, 0.5) is 0 Å². The van der Waals surface area contributed by atoms with Gasteiger partial charge in [-0.05, 0) is 87.9 Å². The second kappa shape index (κ2) is 43.5. The van der Waals surface area contributed by atoms with Crippen LogP contribution in [0.3, 0.4) is 0 Å². The molecular weight excluding hydrogens is 1310 g/mol. The first-order chi connectivity index (χ1) is 48.9. The van der Waals surface area contributed by atoms with Crippen LogP contribution in [0.1, 0.15) is 143 Å². The Balaban J connectivity index is 1.11. The van der Waals surface area contributed by atoms with Crippen molar-refractivity contribution >= 4 is 100 Å². The Labute approximate surface area is 595 Å². The van der Waals surface area contributed by atoms with Crippen molar-refractivity contribution in [3.63, 3.8) is 0 Å². The van der Waals surface area contributed by atoms with Gasteiger partial charge in [-0.25, -0.2) is 0 Å². The molecule has 1 saturated heterocycles. The lowest BCUT2D eigenvalue weighted by Crippen LogP contribution is -2.65. The normalized spacial score (nSPS) is 17.0. The molecule has 0 saturated carbocycles. The number of esters is 1. The largest absolute Gasteiger partial charge is 0.466 e. The third-order valence-corrected chi connectivity index (χ3v) is 17.5. The number of carbonyl (C=O) groups excluding carboxylic acids is 11. The van der Waals surface area contributed by atoms with E-state index in [4.69, 9.17) is 32.7 Å². The van der Waals surface area contributed by atoms with E-state index in [-0.39, 0.29) is 115 Å². The van der Waals surface area contributed by atoms with Gasteiger partial charge in [0.05, 0.1) is 25.9 Å². The number of H-pyrrole nitrogens is 1. The highest BCUT2D eigenvalue weighted by Crippen LogP contribution is 2.22. The van der Waals surface area contributed by atoms with Gasteiger partial charge in [-0.15, -0.1) is 0 Å². The van der Waals surface area contributed by atoms with Gasteiger partial charge < -0.3 is 96.0 Å².